The molecule has 0 spiro atoms. The van der Waals surface area contributed by atoms with E-state index in [-0.39, 0.29) is 0 Å². The number of nitrogens with two attached hydrogens (primary N) is 1. The summed E-state index contributed by atoms with van der Waals surface area (Å²) in [5, 5.41) is 0. The number of hydrogen-bond donors (Lipinski definition) is 1. The third kappa shape index (κ3) is 3.05. The van der Waals surface area contributed by atoms with Crippen LogP contribution >= 0.6 is 0 Å². The van der Waals surface area contributed by atoms with Crippen molar-refractivity contribution in [3.8, 4) is 0 Å². The quantitative estimate of drug-likeness (QED) is 0.489. The Hall–Kier alpha value is -0.830. The van der Waals surface area contributed by atoms with Gasteiger partial charge in [0.1, 0.15) is 0 Å². The van der Waals surface area contributed by atoms with Gasteiger partial charge in [0.2, 0.25) is 0 Å². The standard InChI is InChI=1S/C9H17N3/c1-12-6-3-9(4-7-12)2-5-11-8-10/h2,5,8-9H,3-4,6-7H2,1H3,(H2,10,11)/b5-2+. The average molecular weight is 167 g/mol. The lowest BCUT2D eigenvalue weighted by atomic mass is 9.97. The summed E-state index contributed by atoms with van der Waals surface area (Å²) in [6.07, 6.45) is 7.76. The van der Waals surface area contributed by atoms with Crippen LogP contribution in [0.5, 0.6) is 0 Å². The van der Waals surface area contributed by atoms with Crippen LogP contribution in [0.3, 0.4) is 0 Å². The Morgan fingerprint density at radius 3 is 2.67 bits per heavy atom. The highest BCUT2D eigenvalue weighted by Gasteiger charge is 2.13. The van der Waals surface area contributed by atoms with Gasteiger partial charge in [-0.05, 0) is 38.9 Å². The summed E-state index contributed by atoms with van der Waals surface area (Å²) in [5.41, 5.74) is 5.12. The summed E-state index contributed by atoms with van der Waals surface area (Å²) in [7, 11) is 2.16. The molecule has 1 saturated heterocycles. The van der Waals surface area contributed by atoms with Crippen LogP contribution in [0.4, 0.5) is 0 Å². The monoisotopic (exact) mass is 167 g/mol. The van der Waals surface area contributed by atoms with Gasteiger partial charge < -0.3 is 10.6 Å². The molecule has 1 aliphatic rings. The van der Waals surface area contributed by atoms with Gasteiger partial charge in [-0.3, -0.25) is 0 Å². The lowest BCUT2D eigenvalue weighted by Crippen LogP contribution is -2.29. The molecule has 0 amide bonds. The van der Waals surface area contributed by atoms with Crippen LogP contribution in [0.25, 0.3) is 0 Å². The van der Waals surface area contributed by atoms with Crippen LogP contribution in [0, 0.1) is 5.92 Å². The van der Waals surface area contributed by atoms with Crippen LogP contribution in [-0.2, 0) is 0 Å². The van der Waals surface area contributed by atoms with Crippen molar-refractivity contribution in [2.75, 3.05) is 20.1 Å². The van der Waals surface area contributed by atoms with E-state index in [1.165, 1.54) is 32.3 Å². The number of aliphatic imine (C=N–C) groups is 1. The van der Waals surface area contributed by atoms with E-state index in [0.29, 0.717) is 5.92 Å². The summed E-state index contributed by atoms with van der Waals surface area (Å²) in [6, 6.07) is 0. The summed E-state index contributed by atoms with van der Waals surface area (Å²) in [6.45, 7) is 2.39. The largest absolute Gasteiger partial charge is 0.390 e. The third-order valence-corrected chi connectivity index (χ3v) is 2.29. The summed E-state index contributed by atoms with van der Waals surface area (Å²) in [5.74, 6) is 0.699. The maximum absolute atomic E-state index is 5.12. The van der Waals surface area contributed by atoms with E-state index in [4.69, 9.17) is 5.73 Å². The molecule has 0 aromatic rings. The number of nitrogens with zero attached hydrogens (tertiary/aromatic N) is 2. The van der Waals surface area contributed by atoms with E-state index in [9.17, 15) is 0 Å². The van der Waals surface area contributed by atoms with E-state index in [0.717, 1.165) is 0 Å². The molecule has 1 heterocycles. The Bertz CT molecular complexity index is 167. The molecule has 1 fully saturated rings. The first-order chi connectivity index (χ1) is 5.83. The van der Waals surface area contributed by atoms with Gasteiger partial charge >= 0.3 is 0 Å². The van der Waals surface area contributed by atoms with Gasteiger partial charge in [0.05, 0.1) is 6.34 Å². The zero-order valence-electron chi connectivity index (χ0n) is 7.61. The van der Waals surface area contributed by atoms with Crippen molar-refractivity contribution in [1.29, 1.82) is 0 Å². The molecule has 0 atom stereocenters. The predicted octanol–water partition coefficient (Wildman–Crippen LogP) is 0.829. The molecule has 3 nitrogen and oxygen atoms in total. The minimum absolute atomic E-state index is 0.699. The first kappa shape index (κ1) is 9.26. The van der Waals surface area contributed by atoms with E-state index in [1.54, 1.807) is 6.20 Å². The van der Waals surface area contributed by atoms with Gasteiger partial charge in [-0.25, -0.2) is 4.99 Å². The maximum atomic E-state index is 5.12. The molecule has 0 aromatic carbocycles. The van der Waals surface area contributed by atoms with Gasteiger partial charge in [0.15, 0.2) is 0 Å². The molecule has 0 aromatic heterocycles. The second-order valence-corrected chi connectivity index (χ2v) is 3.28. The molecular weight excluding hydrogens is 150 g/mol. The van der Waals surface area contributed by atoms with Crippen molar-refractivity contribution >= 4 is 6.34 Å². The highest BCUT2D eigenvalue weighted by atomic mass is 15.1. The van der Waals surface area contributed by atoms with Gasteiger partial charge in [-0.1, -0.05) is 6.08 Å². The third-order valence-electron chi connectivity index (χ3n) is 2.29. The van der Waals surface area contributed by atoms with Gasteiger partial charge in [0.25, 0.3) is 0 Å². The summed E-state index contributed by atoms with van der Waals surface area (Å²) < 4.78 is 0. The first-order valence-electron chi connectivity index (χ1n) is 4.41. The molecule has 0 bridgehead atoms. The van der Waals surface area contributed by atoms with E-state index >= 15 is 0 Å². The Morgan fingerprint density at radius 2 is 2.08 bits per heavy atom. The fourth-order valence-corrected chi connectivity index (χ4v) is 1.44. The second kappa shape index (κ2) is 4.93. The van der Waals surface area contributed by atoms with Crippen LogP contribution in [0.15, 0.2) is 17.3 Å². The van der Waals surface area contributed by atoms with E-state index in [1.807, 2.05) is 0 Å². The fraction of sp³-hybridized carbons (Fsp3) is 0.667. The highest BCUT2D eigenvalue weighted by molar-refractivity contribution is 5.52. The van der Waals surface area contributed by atoms with Crippen LogP contribution in [-0.4, -0.2) is 31.4 Å². The molecule has 0 unspecified atom stereocenters. The molecule has 0 saturated carbocycles. The number of hydrogen-bond acceptors (Lipinski definition) is 2. The van der Waals surface area contributed by atoms with Crippen molar-refractivity contribution in [1.82, 2.24) is 4.90 Å². The van der Waals surface area contributed by atoms with Crippen molar-refractivity contribution in [3.05, 3.63) is 12.3 Å². The Morgan fingerprint density at radius 1 is 1.42 bits per heavy atom. The molecule has 1 rings (SSSR count). The van der Waals surface area contributed by atoms with E-state index in [2.05, 4.69) is 23.0 Å². The number of rotatable bonds is 2. The van der Waals surface area contributed by atoms with Crippen LogP contribution in [0.1, 0.15) is 12.8 Å². The Kier molecular flexibility index (Phi) is 3.80. The van der Waals surface area contributed by atoms with Crippen LogP contribution in [0.2, 0.25) is 0 Å². The predicted molar refractivity (Wildman–Crippen MR) is 52.0 cm³/mol. The molecule has 0 aliphatic carbocycles. The molecule has 2 N–H and O–H groups in total. The Balaban J connectivity index is 2.25. The summed E-state index contributed by atoms with van der Waals surface area (Å²) >= 11 is 0. The first-order valence-corrected chi connectivity index (χ1v) is 4.41. The highest BCUT2D eigenvalue weighted by Crippen LogP contribution is 2.16. The minimum atomic E-state index is 0.699. The minimum Gasteiger partial charge on any atom is -0.390 e. The molecular formula is C9H17N3. The fourth-order valence-electron chi connectivity index (χ4n) is 1.44. The molecule has 0 radical (unpaired) electrons. The topological polar surface area (TPSA) is 41.6 Å². The zero-order chi connectivity index (χ0) is 8.81. The number of piperidine rings is 1. The lowest BCUT2D eigenvalue weighted by Gasteiger charge is -2.26. The molecule has 68 valence electrons. The molecule has 1 aliphatic heterocycles. The van der Waals surface area contributed by atoms with Gasteiger partial charge in [-0.2, -0.15) is 0 Å². The van der Waals surface area contributed by atoms with Crippen LogP contribution < -0.4 is 5.73 Å². The van der Waals surface area contributed by atoms with Crippen molar-refractivity contribution in [3.63, 3.8) is 0 Å². The molecule has 12 heavy (non-hydrogen) atoms. The lowest BCUT2D eigenvalue weighted by molar-refractivity contribution is 0.244. The summed E-state index contributed by atoms with van der Waals surface area (Å²) in [4.78, 5) is 6.20. The SMILES string of the molecule is CN1CCC(/C=C/N=CN)CC1. The Labute approximate surface area is 74.0 Å². The molecule has 3 heteroatoms. The number of allylic oxidation sites excluding steroid dienone is 1. The van der Waals surface area contributed by atoms with Crippen molar-refractivity contribution < 1.29 is 0 Å². The maximum Gasteiger partial charge on any atom is 0.0852 e. The van der Waals surface area contributed by atoms with Gasteiger partial charge in [0, 0.05) is 6.20 Å². The normalized spacial score (nSPS) is 22.8. The number of likely N-dealkylation sites (tertiary alicyclic amines) is 1. The van der Waals surface area contributed by atoms with Gasteiger partial charge in [-0.15, -0.1) is 0 Å². The smallest absolute Gasteiger partial charge is 0.0852 e. The average Bonchev–Trinajstić information content (AvgIpc) is 2.09. The second-order valence-electron chi connectivity index (χ2n) is 3.28. The van der Waals surface area contributed by atoms with Crippen molar-refractivity contribution in [2.24, 2.45) is 16.6 Å². The van der Waals surface area contributed by atoms with Crippen molar-refractivity contribution in [2.45, 2.75) is 12.8 Å². The zero-order valence-corrected chi connectivity index (χ0v) is 7.61. The van der Waals surface area contributed by atoms with E-state index < -0.39 is 0 Å².